The molecule has 0 atom stereocenters. The lowest BCUT2D eigenvalue weighted by molar-refractivity contribution is 0.595. The van der Waals surface area contributed by atoms with Gasteiger partial charge in [-0.3, -0.25) is 4.68 Å². The standard InChI is InChI=1S/C12H13Cl2N3O2S/c1-7-12(20(15,18)19)8(2)17(16-7)6-9-4-3-5-10(13)11(9)14/h3-5H,6H2,1-2H3,(H2,15,18,19). The van der Waals surface area contributed by atoms with E-state index in [9.17, 15) is 8.42 Å². The number of nitrogens with two attached hydrogens (primary N) is 1. The molecule has 0 spiro atoms. The zero-order valence-corrected chi connectivity index (χ0v) is 13.2. The second kappa shape index (κ2) is 5.37. The van der Waals surface area contributed by atoms with Crippen LogP contribution in [-0.2, 0) is 16.6 Å². The number of sulfonamides is 1. The van der Waals surface area contributed by atoms with E-state index in [0.717, 1.165) is 5.56 Å². The molecule has 0 radical (unpaired) electrons. The molecule has 0 unspecified atom stereocenters. The highest BCUT2D eigenvalue weighted by Crippen LogP contribution is 2.27. The van der Waals surface area contributed by atoms with Gasteiger partial charge in [-0.2, -0.15) is 5.10 Å². The first-order valence-electron chi connectivity index (χ1n) is 5.71. The number of hydrogen-bond donors (Lipinski definition) is 1. The van der Waals surface area contributed by atoms with Gasteiger partial charge in [-0.25, -0.2) is 13.6 Å². The molecule has 1 heterocycles. The number of rotatable bonds is 3. The van der Waals surface area contributed by atoms with Gasteiger partial charge in [0.25, 0.3) is 0 Å². The fourth-order valence-corrected chi connectivity index (χ4v) is 3.43. The van der Waals surface area contributed by atoms with Gasteiger partial charge in [0.05, 0.1) is 28.0 Å². The number of hydrogen-bond acceptors (Lipinski definition) is 3. The highest BCUT2D eigenvalue weighted by Gasteiger charge is 2.21. The van der Waals surface area contributed by atoms with Crippen LogP contribution in [0.4, 0.5) is 0 Å². The molecule has 0 amide bonds. The minimum absolute atomic E-state index is 0.0515. The minimum atomic E-state index is -3.80. The first-order chi connectivity index (χ1) is 9.21. The Hall–Kier alpha value is -1.08. The molecule has 2 rings (SSSR count). The Bertz CT molecular complexity index is 769. The highest BCUT2D eigenvalue weighted by atomic mass is 35.5. The zero-order chi connectivity index (χ0) is 15.1. The van der Waals surface area contributed by atoms with Crippen molar-refractivity contribution in [3.8, 4) is 0 Å². The molecule has 108 valence electrons. The van der Waals surface area contributed by atoms with Crippen molar-refractivity contribution in [2.45, 2.75) is 25.3 Å². The van der Waals surface area contributed by atoms with Gasteiger partial charge < -0.3 is 0 Å². The molecule has 2 aromatic rings. The molecule has 0 aliphatic rings. The maximum atomic E-state index is 11.5. The summed E-state index contributed by atoms with van der Waals surface area (Å²) >= 11 is 12.1. The van der Waals surface area contributed by atoms with Crippen LogP contribution in [0, 0.1) is 13.8 Å². The van der Waals surface area contributed by atoms with E-state index in [-0.39, 0.29) is 4.90 Å². The first kappa shape index (κ1) is 15.3. The molecule has 2 N–H and O–H groups in total. The van der Waals surface area contributed by atoms with E-state index in [4.69, 9.17) is 28.3 Å². The Morgan fingerprint density at radius 1 is 1.30 bits per heavy atom. The normalized spacial score (nSPS) is 11.8. The average Bonchev–Trinajstić information content (AvgIpc) is 2.59. The smallest absolute Gasteiger partial charge is 0.241 e. The van der Waals surface area contributed by atoms with E-state index in [0.29, 0.717) is 28.0 Å². The van der Waals surface area contributed by atoms with Crippen molar-refractivity contribution in [3.05, 3.63) is 45.2 Å². The number of benzene rings is 1. The van der Waals surface area contributed by atoms with Gasteiger partial charge in [0, 0.05) is 0 Å². The summed E-state index contributed by atoms with van der Waals surface area (Å²) in [6, 6.07) is 5.27. The molecule has 0 saturated heterocycles. The molecule has 8 heteroatoms. The van der Waals surface area contributed by atoms with Gasteiger partial charge in [0.15, 0.2) is 0 Å². The largest absolute Gasteiger partial charge is 0.264 e. The lowest BCUT2D eigenvalue weighted by Crippen LogP contribution is -2.14. The van der Waals surface area contributed by atoms with Crippen LogP contribution >= 0.6 is 23.2 Å². The summed E-state index contributed by atoms with van der Waals surface area (Å²) in [5.41, 5.74) is 1.59. The molecular formula is C12H13Cl2N3O2S. The number of halogens is 2. The third kappa shape index (κ3) is 2.83. The summed E-state index contributed by atoms with van der Waals surface area (Å²) in [6.45, 7) is 3.57. The monoisotopic (exact) mass is 333 g/mol. The van der Waals surface area contributed by atoms with Gasteiger partial charge in [-0.15, -0.1) is 0 Å². The van der Waals surface area contributed by atoms with Crippen LogP contribution in [0.2, 0.25) is 10.0 Å². The van der Waals surface area contributed by atoms with E-state index in [1.807, 2.05) is 0 Å². The molecule has 20 heavy (non-hydrogen) atoms. The summed E-state index contributed by atoms with van der Waals surface area (Å²) < 4.78 is 24.6. The third-order valence-electron chi connectivity index (χ3n) is 2.95. The summed E-state index contributed by atoms with van der Waals surface area (Å²) in [4.78, 5) is 0.0515. The van der Waals surface area contributed by atoms with Crippen molar-refractivity contribution in [1.82, 2.24) is 9.78 Å². The molecule has 1 aromatic heterocycles. The molecule has 0 aliphatic heterocycles. The SMILES string of the molecule is Cc1nn(Cc2cccc(Cl)c2Cl)c(C)c1S(N)(=O)=O. The molecule has 0 saturated carbocycles. The van der Waals surface area contributed by atoms with E-state index in [1.165, 1.54) is 0 Å². The summed E-state index contributed by atoms with van der Waals surface area (Å²) in [5, 5.41) is 10.3. The second-order valence-electron chi connectivity index (χ2n) is 4.42. The van der Waals surface area contributed by atoms with Crippen LogP contribution < -0.4 is 5.14 Å². The molecule has 5 nitrogen and oxygen atoms in total. The van der Waals surface area contributed by atoms with Gasteiger partial charge in [0.2, 0.25) is 10.0 Å². The number of nitrogens with zero attached hydrogens (tertiary/aromatic N) is 2. The summed E-state index contributed by atoms with van der Waals surface area (Å²) in [6.07, 6.45) is 0. The van der Waals surface area contributed by atoms with Crippen molar-refractivity contribution in [1.29, 1.82) is 0 Å². The number of aryl methyl sites for hydroxylation is 1. The Balaban J connectivity index is 2.49. The van der Waals surface area contributed by atoms with Gasteiger partial charge in [-0.05, 0) is 25.5 Å². The fourth-order valence-electron chi connectivity index (χ4n) is 2.08. The average molecular weight is 334 g/mol. The van der Waals surface area contributed by atoms with E-state index in [2.05, 4.69) is 5.10 Å². The van der Waals surface area contributed by atoms with E-state index >= 15 is 0 Å². The van der Waals surface area contributed by atoms with Crippen molar-refractivity contribution in [2.24, 2.45) is 5.14 Å². The maximum Gasteiger partial charge on any atom is 0.241 e. The Kier molecular flexibility index (Phi) is 4.11. The fraction of sp³-hybridized carbons (Fsp3) is 0.250. The topological polar surface area (TPSA) is 78.0 Å². The van der Waals surface area contributed by atoms with Gasteiger partial charge >= 0.3 is 0 Å². The third-order valence-corrected chi connectivity index (χ3v) is 4.97. The molecule has 0 fully saturated rings. The van der Waals surface area contributed by atoms with Crippen LogP contribution in [0.5, 0.6) is 0 Å². The number of aromatic nitrogens is 2. The lowest BCUT2D eigenvalue weighted by atomic mass is 10.2. The predicted molar refractivity (Wildman–Crippen MR) is 78.6 cm³/mol. The highest BCUT2D eigenvalue weighted by molar-refractivity contribution is 7.89. The predicted octanol–water partition coefficient (Wildman–Crippen LogP) is 2.50. The molecule has 1 aromatic carbocycles. The van der Waals surface area contributed by atoms with E-state index in [1.54, 1.807) is 36.7 Å². The quantitative estimate of drug-likeness (QED) is 0.937. The van der Waals surface area contributed by atoms with E-state index < -0.39 is 10.0 Å². The van der Waals surface area contributed by atoms with Crippen molar-refractivity contribution >= 4 is 33.2 Å². The van der Waals surface area contributed by atoms with Crippen LogP contribution in [0.25, 0.3) is 0 Å². The van der Waals surface area contributed by atoms with Gasteiger partial charge in [0.1, 0.15) is 4.90 Å². The number of primary sulfonamides is 1. The summed E-state index contributed by atoms with van der Waals surface area (Å²) in [7, 11) is -3.80. The lowest BCUT2D eigenvalue weighted by Gasteiger charge is -2.08. The van der Waals surface area contributed by atoms with Crippen molar-refractivity contribution in [2.75, 3.05) is 0 Å². The van der Waals surface area contributed by atoms with Crippen LogP contribution in [0.1, 0.15) is 17.0 Å². The van der Waals surface area contributed by atoms with Crippen molar-refractivity contribution in [3.63, 3.8) is 0 Å². The minimum Gasteiger partial charge on any atom is -0.264 e. The zero-order valence-electron chi connectivity index (χ0n) is 10.9. The first-order valence-corrected chi connectivity index (χ1v) is 8.01. The second-order valence-corrected chi connectivity index (χ2v) is 6.70. The Labute approximate surface area is 127 Å². The molecule has 0 bridgehead atoms. The Morgan fingerprint density at radius 3 is 2.50 bits per heavy atom. The van der Waals surface area contributed by atoms with Crippen molar-refractivity contribution < 1.29 is 8.42 Å². The van der Waals surface area contributed by atoms with Crippen LogP contribution in [-0.4, -0.2) is 18.2 Å². The van der Waals surface area contributed by atoms with Gasteiger partial charge in [-0.1, -0.05) is 35.3 Å². The molecule has 0 aliphatic carbocycles. The summed E-state index contributed by atoms with van der Waals surface area (Å²) in [5.74, 6) is 0. The van der Waals surface area contributed by atoms with Crippen LogP contribution in [0.3, 0.4) is 0 Å². The maximum absolute atomic E-state index is 11.5. The van der Waals surface area contributed by atoms with Crippen LogP contribution in [0.15, 0.2) is 23.1 Å². The Morgan fingerprint density at radius 2 is 1.95 bits per heavy atom. The molecular weight excluding hydrogens is 321 g/mol.